The van der Waals surface area contributed by atoms with Crippen LogP contribution in [0.5, 0.6) is 0 Å². The fourth-order valence-corrected chi connectivity index (χ4v) is 2.60. The van der Waals surface area contributed by atoms with Crippen molar-refractivity contribution in [2.45, 2.75) is 39.0 Å². The third-order valence-corrected chi connectivity index (χ3v) is 3.54. The molecule has 1 atom stereocenters. The molecule has 18 heavy (non-hydrogen) atoms. The highest BCUT2D eigenvalue weighted by Crippen LogP contribution is 2.12. The SMILES string of the molecule is CCCN(CCCC(=O)OC)CC1CCCNC1. The Morgan fingerprint density at radius 1 is 1.44 bits per heavy atom. The average molecular weight is 256 g/mol. The van der Waals surface area contributed by atoms with Gasteiger partial charge >= 0.3 is 5.97 Å². The van der Waals surface area contributed by atoms with Gasteiger partial charge < -0.3 is 15.0 Å². The van der Waals surface area contributed by atoms with Gasteiger partial charge in [-0.1, -0.05) is 6.92 Å². The van der Waals surface area contributed by atoms with Gasteiger partial charge in [-0.3, -0.25) is 4.79 Å². The summed E-state index contributed by atoms with van der Waals surface area (Å²) in [6.45, 7) is 7.86. The van der Waals surface area contributed by atoms with E-state index in [4.69, 9.17) is 0 Å². The predicted molar refractivity (Wildman–Crippen MR) is 73.6 cm³/mol. The minimum absolute atomic E-state index is 0.0919. The van der Waals surface area contributed by atoms with E-state index in [2.05, 4.69) is 21.9 Å². The number of methoxy groups -OCH3 is 1. The third-order valence-electron chi connectivity index (χ3n) is 3.54. The summed E-state index contributed by atoms with van der Waals surface area (Å²) in [6.07, 6.45) is 5.27. The summed E-state index contributed by atoms with van der Waals surface area (Å²) in [6, 6.07) is 0. The number of piperidine rings is 1. The van der Waals surface area contributed by atoms with E-state index in [1.807, 2.05) is 0 Å². The van der Waals surface area contributed by atoms with Gasteiger partial charge in [0.05, 0.1) is 7.11 Å². The van der Waals surface area contributed by atoms with Crippen LogP contribution in [-0.2, 0) is 9.53 Å². The van der Waals surface area contributed by atoms with Crippen LogP contribution in [0.1, 0.15) is 39.0 Å². The number of hydrogen-bond donors (Lipinski definition) is 1. The Labute approximate surface area is 111 Å². The standard InChI is InChI=1S/C14H28N2O2/c1-3-9-16(10-5-7-14(17)18-2)12-13-6-4-8-15-11-13/h13,15H,3-12H2,1-2H3. The van der Waals surface area contributed by atoms with Gasteiger partial charge in [0.25, 0.3) is 0 Å². The summed E-state index contributed by atoms with van der Waals surface area (Å²) in [4.78, 5) is 13.6. The van der Waals surface area contributed by atoms with Crippen molar-refractivity contribution >= 4 is 5.97 Å². The first-order chi connectivity index (χ1) is 8.76. The number of carbonyl (C=O) groups is 1. The van der Waals surface area contributed by atoms with Gasteiger partial charge in [0.15, 0.2) is 0 Å². The highest BCUT2D eigenvalue weighted by molar-refractivity contribution is 5.69. The molecule has 1 rings (SSSR count). The molecule has 0 saturated carbocycles. The first kappa shape index (κ1) is 15.4. The molecule has 0 aromatic rings. The van der Waals surface area contributed by atoms with Gasteiger partial charge in [-0.15, -0.1) is 0 Å². The van der Waals surface area contributed by atoms with E-state index in [9.17, 15) is 4.79 Å². The maximum absolute atomic E-state index is 11.1. The van der Waals surface area contributed by atoms with Crippen LogP contribution < -0.4 is 5.32 Å². The second-order valence-corrected chi connectivity index (χ2v) is 5.19. The number of nitrogens with one attached hydrogen (secondary N) is 1. The highest BCUT2D eigenvalue weighted by atomic mass is 16.5. The second kappa shape index (κ2) is 9.34. The van der Waals surface area contributed by atoms with Crippen LogP contribution in [-0.4, -0.2) is 50.7 Å². The largest absolute Gasteiger partial charge is 0.469 e. The van der Waals surface area contributed by atoms with Crippen molar-refractivity contribution in [3.63, 3.8) is 0 Å². The second-order valence-electron chi connectivity index (χ2n) is 5.19. The van der Waals surface area contributed by atoms with Crippen LogP contribution in [0.15, 0.2) is 0 Å². The molecule has 1 aliphatic rings. The Hall–Kier alpha value is -0.610. The van der Waals surface area contributed by atoms with Gasteiger partial charge in [-0.05, 0) is 57.8 Å². The van der Waals surface area contributed by atoms with Gasteiger partial charge in [0, 0.05) is 13.0 Å². The molecule has 106 valence electrons. The number of nitrogens with zero attached hydrogens (tertiary/aromatic N) is 1. The van der Waals surface area contributed by atoms with E-state index in [0.717, 1.165) is 32.0 Å². The molecule has 0 radical (unpaired) electrons. The van der Waals surface area contributed by atoms with Crippen molar-refractivity contribution in [3.05, 3.63) is 0 Å². The Morgan fingerprint density at radius 2 is 2.28 bits per heavy atom. The zero-order valence-electron chi connectivity index (χ0n) is 11.9. The molecule has 0 amide bonds. The number of carbonyl (C=O) groups excluding carboxylic acids is 1. The molecule has 4 nitrogen and oxygen atoms in total. The average Bonchev–Trinajstić information content (AvgIpc) is 2.40. The summed E-state index contributed by atoms with van der Waals surface area (Å²) in [5.41, 5.74) is 0. The van der Waals surface area contributed by atoms with Crippen molar-refractivity contribution in [2.24, 2.45) is 5.92 Å². The molecular formula is C14H28N2O2. The zero-order valence-corrected chi connectivity index (χ0v) is 11.9. The van der Waals surface area contributed by atoms with Gasteiger partial charge in [0.1, 0.15) is 0 Å². The lowest BCUT2D eigenvalue weighted by molar-refractivity contribution is -0.140. The van der Waals surface area contributed by atoms with Crippen molar-refractivity contribution < 1.29 is 9.53 Å². The molecule has 1 saturated heterocycles. The number of hydrogen-bond acceptors (Lipinski definition) is 4. The lowest BCUT2D eigenvalue weighted by Gasteiger charge is -2.29. The first-order valence-corrected chi connectivity index (χ1v) is 7.26. The normalized spacial score (nSPS) is 20.1. The molecule has 0 spiro atoms. The molecule has 0 aromatic heterocycles. The molecule has 1 unspecified atom stereocenters. The van der Waals surface area contributed by atoms with E-state index in [-0.39, 0.29) is 5.97 Å². The maximum atomic E-state index is 11.1. The smallest absolute Gasteiger partial charge is 0.305 e. The van der Waals surface area contributed by atoms with Crippen LogP contribution >= 0.6 is 0 Å². The number of rotatable bonds is 8. The summed E-state index contributed by atoms with van der Waals surface area (Å²) in [5.74, 6) is 0.689. The molecule has 1 fully saturated rings. The van der Waals surface area contributed by atoms with Crippen LogP contribution in [0.3, 0.4) is 0 Å². The fraction of sp³-hybridized carbons (Fsp3) is 0.929. The Balaban J connectivity index is 2.22. The van der Waals surface area contributed by atoms with Crippen molar-refractivity contribution in [1.29, 1.82) is 0 Å². The van der Waals surface area contributed by atoms with Crippen LogP contribution in [0.25, 0.3) is 0 Å². The minimum atomic E-state index is -0.0919. The minimum Gasteiger partial charge on any atom is -0.469 e. The van der Waals surface area contributed by atoms with E-state index in [0.29, 0.717) is 6.42 Å². The molecule has 0 aliphatic carbocycles. The van der Waals surface area contributed by atoms with Crippen molar-refractivity contribution in [2.75, 3.05) is 39.8 Å². The van der Waals surface area contributed by atoms with Crippen LogP contribution in [0.4, 0.5) is 0 Å². The van der Waals surface area contributed by atoms with Gasteiger partial charge in [-0.25, -0.2) is 0 Å². The lowest BCUT2D eigenvalue weighted by atomic mass is 9.99. The Morgan fingerprint density at radius 3 is 2.89 bits per heavy atom. The Bertz CT molecular complexity index is 228. The van der Waals surface area contributed by atoms with E-state index >= 15 is 0 Å². The van der Waals surface area contributed by atoms with E-state index < -0.39 is 0 Å². The summed E-state index contributed by atoms with van der Waals surface area (Å²) >= 11 is 0. The third kappa shape index (κ3) is 6.36. The number of ether oxygens (including phenoxy) is 1. The summed E-state index contributed by atoms with van der Waals surface area (Å²) in [5, 5.41) is 3.46. The van der Waals surface area contributed by atoms with Gasteiger partial charge in [0.2, 0.25) is 0 Å². The molecular weight excluding hydrogens is 228 g/mol. The lowest BCUT2D eigenvalue weighted by Crippen LogP contribution is -2.39. The van der Waals surface area contributed by atoms with Crippen LogP contribution in [0, 0.1) is 5.92 Å². The van der Waals surface area contributed by atoms with E-state index in [1.54, 1.807) is 0 Å². The summed E-state index contributed by atoms with van der Waals surface area (Å²) < 4.78 is 4.67. The topological polar surface area (TPSA) is 41.6 Å². The Kier molecular flexibility index (Phi) is 8.01. The van der Waals surface area contributed by atoms with Crippen molar-refractivity contribution in [1.82, 2.24) is 10.2 Å². The maximum Gasteiger partial charge on any atom is 0.305 e. The molecule has 1 aliphatic heterocycles. The zero-order chi connectivity index (χ0) is 13.2. The molecule has 1 heterocycles. The monoisotopic (exact) mass is 256 g/mol. The molecule has 0 bridgehead atoms. The molecule has 1 N–H and O–H groups in total. The predicted octanol–water partition coefficient (Wildman–Crippen LogP) is 1.65. The highest BCUT2D eigenvalue weighted by Gasteiger charge is 2.16. The van der Waals surface area contributed by atoms with Gasteiger partial charge in [-0.2, -0.15) is 0 Å². The van der Waals surface area contributed by atoms with Crippen molar-refractivity contribution in [3.8, 4) is 0 Å². The number of esters is 1. The quantitative estimate of drug-likeness (QED) is 0.671. The molecule has 0 aromatic carbocycles. The molecule has 4 heteroatoms. The summed E-state index contributed by atoms with van der Waals surface area (Å²) in [7, 11) is 1.46. The van der Waals surface area contributed by atoms with Crippen LogP contribution in [0.2, 0.25) is 0 Å². The fourth-order valence-electron chi connectivity index (χ4n) is 2.60. The first-order valence-electron chi connectivity index (χ1n) is 7.26. The van der Waals surface area contributed by atoms with E-state index in [1.165, 1.54) is 39.5 Å².